The van der Waals surface area contributed by atoms with Gasteiger partial charge in [0.25, 0.3) is 0 Å². The molecule has 1 aliphatic heterocycles. The van der Waals surface area contributed by atoms with Crippen LogP contribution in [0.3, 0.4) is 0 Å². The van der Waals surface area contributed by atoms with Crippen molar-refractivity contribution >= 4 is 0 Å². The lowest BCUT2D eigenvalue weighted by Crippen LogP contribution is -2.53. The Bertz CT molecular complexity index is 384. The molecule has 3 fully saturated rings. The van der Waals surface area contributed by atoms with Gasteiger partial charge in [-0.25, -0.2) is 0 Å². The number of nitrogens with zero attached hydrogens (tertiary/aromatic N) is 2. The third-order valence-electron chi connectivity index (χ3n) is 5.51. The molecule has 0 aromatic heterocycles. The molecule has 1 heterocycles. The number of nitriles is 1. The largest absolute Gasteiger partial charge is 0.381 e. The average Bonchev–Trinajstić information content (AvgIpc) is 3.32. The molecule has 0 bridgehead atoms. The van der Waals surface area contributed by atoms with Crippen LogP contribution in [0.1, 0.15) is 51.4 Å². The smallest absolute Gasteiger partial charge is 0.108 e. The van der Waals surface area contributed by atoms with Crippen LogP contribution in [0.5, 0.6) is 0 Å². The van der Waals surface area contributed by atoms with Crippen molar-refractivity contribution in [3.63, 3.8) is 0 Å². The van der Waals surface area contributed by atoms with Crippen LogP contribution in [0.4, 0.5) is 0 Å². The number of hydrogen-bond acceptors (Lipinski definition) is 4. The van der Waals surface area contributed by atoms with E-state index in [2.05, 4.69) is 23.3 Å². The van der Waals surface area contributed by atoms with E-state index in [-0.39, 0.29) is 5.54 Å². The summed E-state index contributed by atoms with van der Waals surface area (Å²) in [6.45, 7) is 3.02. The summed E-state index contributed by atoms with van der Waals surface area (Å²) in [5.74, 6) is 0.776. The molecule has 2 aliphatic carbocycles. The highest BCUT2D eigenvalue weighted by Gasteiger charge is 2.41. The van der Waals surface area contributed by atoms with Gasteiger partial charge in [-0.2, -0.15) is 5.26 Å². The van der Waals surface area contributed by atoms with Gasteiger partial charge in [0.15, 0.2) is 0 Å². The molecule has 2 atom stereocenters. The fourth-order valence-electron chi connectivity index (χ4n) is 3.99. The Hall–Kier alpha value is -0.630. The zero-order valence-corrected chi connectivity index (χ0v) is 13.3. The molecule has 21 heavy (non-hydrogen) atoms. The molecule has 0 amide bonds. The Morgan fingerprint density at radius 1 is 1.24 bits per heavy atom. The molecule has 1 saturated heterocycles. The lowest BCUT2D eigenvalue weighted by atomic mass is 9.79. The van der Waals surface area contributed by atoms with E-state index in [1.165, 1.54) is 45.1 Å². The third-order valence-corrected chi connectivity index (χ3v) is 5.51. The average molecular weight is 291 g/mol. The van der Waals surface area contributed by atoms with E-state index in [9.17, 15) is 5.26 Å². The molecule has 2 unspecified atom stereocenters. The highest BCUT2D eigenvalue weighted by atomic mass is 16.5. The predicted octanol–water partition coefficient (Wildman–Crippen LogP) is 2.30. The second kappa shape index (κ2) is 6.64. The van der Waals surface area contributed by atoms with Crippen LogP contribution < -0.4 is 5.32 Å². The minimum Gasteiger partial charge on any atom is -0.381 e. The lowest BCUT2D eigenvalue weighted by Gasteiger charge is -2.41. The van der Waals surface area contributed by atoms with E-state index >= 15 is 0 Å². The van der Waals surface area contributed by atoms with Crippen molar-refractivity contribution < 1.29 is 4.74 Å². The predicted molar refractivity (Wildman–Crippen MR) is 82.9 cm³/mol. The molecular formula is C17H29N3O. The van der Waals surface area contributed by atoms with Crippen molar-refractivity contribution in [2.24, 2.45) is 5.92 Å². The van der Waals surface area contributed by atoms with E-state index in [4.69, 9.17) is 4.74 Å². The second-order valence-corrected chi connectivity index (χ2v) is 7.36. The van der Waals surface area contributed by atoms with Crippen LogP contribution in [0, 0.1) is 17.2 Å². The highest BCUT2D eigenvalue weighted by molar-refractivity contribution is 5.13. The normalized spacial score (nSPS) is 34.8. The Kier molecular flexibility index (Phi) is 4.83. The van der Waals surface area contributed by atoms with Gasteiger partial charge in [-0.3, -0.25) is 5.32 Å². The number of ether oxygens (including phenoxy) is 1. The summed E-state index contributed by atoms with van der Waals surface area (Å²) in [7, 11) is 2.25. The molecule has 0 aromatic carbocycles. The van der Waals surface area contributed by atoms with Crippen LogP contribution in [-0.2, 0) is 4.74 Å². The van der Waals surface area contributed by atoms with Gasteiger partial charge in [0, 0.05) is 31.8 Å². The SMILES string of the molecule is CN(CC1CCOCC1)C1CCCC(C#N)(NC2CC2)C1. The molecular weight excluding hydrogens is 262 g/mol. The van der Waals surface area contributed by atoms with Gasteiger partial charge in [-0.05, 0) is 64.3 Å². The minimum atomic E-state index is -0.256. The summed E-state index contributed by atoms with van der Waals surface area (Å²) in [5, 5.41) is 13.3. The maximum Gasteiger partial charge on any atom is 0.108 e. The van der Waals surface area contributed by atoms with Crippen molar-refractivity contribution in [2.45, 2.75) is 69.0 Å². The molecule has 0 aromatic rings. The maximum absolute atomic E-state index is 9.69. The number of hydrogen-bond donors (Lipinski definition) is 1. The molecule has 1 N–H and O–H groups in total. The Balaban J connectivity index is 1.55. The van der Waals surface area contributed by atoms with Gasteiger partial charge < -0.3 is 9.64 Å². The van der Waals surface area contributed by atoms with E-state index in [1.54, 1.807) is 0 Å². The Morgan fingerprint density at radius 3 is 2.67 bits per heavy atom. The molecule has 0 spiro atoms. The molecule has 4 heteroatoms. The molecule has 118 valence electrons. The standard InChI is InChI=1S/C17H29N3O/c1-20(12-14-6-9-21-10-7-14)16-3-2-8-17(11-16,13-18)19-15-4-5-15/h14-16,19H,2-12H2,1H3. The first-order valence-corrected chi connectivity index (χ1v) is 8.68. The summed E-state index contributed by atoms with van der Waals surface area (Å²) < 4.78 is 5.46. The zero-order valence-electron chi connectivity index (χ0n) is 13.3. The van der Waals surface area contributed by atoms with Crippen molar-refractivity contribution in [3.8, 4) is 6.07 Å². The molecule has 2 saturated carbocycles. The van der Waals surface area contributed by atoms with Gasteiger partial charge in [0.2, 0.25) is 0 Å². The minimum absolute atomic E-state index is 0.256. The monoisotopic (exact) mass is 291 g/mol. The van der Waals surface area contributed by atoms with Crippen LogP contribution in [0.2, 0.25) is 0 Å². The number of nitrogens with one attached hydrogen (secondary N) is 1. The van der Waals surface area contributed by atoms with Crippen molar-refractivity contribution in [1.82, 2.24) is 10.2 Å². The topological polar surface area (TPSA) is 48.3 Å². The van der Waals surface area contributed by atoms with E-state index < -0.39 is 0 Å². The number of rotatable bonds is 5. The molecule has 0 radical (unpaired) electrons. The van der Waals surface area contributed by atoms with Crippen molar-refractivity contribution in [1.29, 1.82) is 5.26 Å². The summed E-state index contributed by atoms with van der Waals surface area (Å²) >= 11 is 0. The first-order chi connectivity index (χ1) is 10.2. The summed E-state index contributed by atoms with van der Waals surface area (Å²) in [5.41, 5.74) is -0.256. The molecule has 4 nitrogen and oxygen atoms in total. The summed E-state index contributed by atoms with van der Waals surface area (Å²) in [6.07, 6.45) is 9.35. The molecule has 3 rings (SSSR count). The zero-order chi connectivity index (χ0) is 14.7. The molecule has 3 aliphatic rings. The van der Waals surface area contributed by atoms with Gasteiger partial charge in [0.05, 0.1) is 6.07 Å². The first-order valence-electron chi connectivity index (χ1n) is 8.68. The van der Waals surface area contributed by atoms with E-state index in [0.29, 0.717) is 12.1 Å². The van der Waals surface area contributed by atoms with Crippen LogP contribution in [0.25, 0.3) is 0 Å². The van der Waals surface area contributed by atoms with Gasteiger partial charge in [-0.15, -0.1) is 0 Å². The second-order valence-electron chi connectivity index (χ2n) is 7.36. The fraction of sp³-hybridized carbons (Fsp3) is 0.941. The van der Waals surface area contributed by atoms with E-state index in [0.717, 1.165) is 32.0 Å². The first kappa shape index (κ1) is 15.3. The van der Waals surface area contributed by atoms with Gasteiger partial charge in [0.1, 0.15) is 5.54 Å². The van der Waals surface area contributed by atoms with Crippen molar-refractivity contribution in [2.75, 3.05) is 26.8 Å². The third kappa shape index (κ3) is 3.97. The Labute approximate surface area is 128 Å². The van der Waals surface area contributed by atoms with Crippen LogP contribution >= 0.6 is 0 Å². The van der Waals surface area contributed by atoms with Gasteiger partial charge >= 0.3 is 0 Å². The highest BCUT2D eigenvalue weighted by Crippen LogP contribution is 2.34. The van der Waals surface area contributed by atoms with Crippen molar-refractivity contribution in [3.05, 3.63) is 0 Å². The van der Waals surface area contributed by atoms with Gasteiger partial charge in [-0.1, -0.05) is 0 Å². The summed E-state index contributed by atoms with van der Waals surface area (Å²) in [6, 6.07) is 3.80. The fourth-order valence-corrected chi connectivity index (χ4v) is 3.99. The van der Waals surface area contributed by atoms with E-state index in [1.807, 2.05) is 0 Å². The quantitative estimate of drug-likeness (QED) is 0.844. The Morgan fingerprint density at radius 2 is 2.00 bits per heavy atom. The lowest BCUT2D eigenvalue weighted by molar-refractivity contribution is 0.0435. The van der Waals surface area contributed by atoms with Crippen LogP contribution in [0.15, 0.2) is 0 Å². The van der Waals surface area contributed by atoms with Crippen LogP contribution in [-0.4, -0.2) is 49.3 Å². The maximum atomic E-state index is 9.69. The summed E-state index contributed by atoms with van der Waals surface area (Å²) in [4.78, 5) is 2.52.